The number of benzene rings is 1. The Labute approximate surface area is 121 Å². The van der Waals surface area contributed by atoms with E-state index in [0.29, 0.717) is 12.5 Å². The van der Waals surface area contributed by atoms with Crippen molar-refractivity contribution in [1.29, 1.82) is 0 Å². The monoisotopic (exact) mass is 276 g/mol. The van der Waals surface area contributed by atoms with Crippen LogP contribution >= 0.6 is 0 Å². The predicted octanol–water partition coefficient (Wildman–Crippen LogP) is 1.84. The number of nitrogens with one attached hydrogen (secondary N) is 1. The lowest BCUT2D eigenvalue weighted by atomic mass is 10.0. The van der Waals surface area contributed by atoms with E-state index in [1.807, 2.05) is 29.2 Å². The summed E-state index contributed by atoms with van der Waals surface area (Å²) in [6.07, 6.45) is 2.73. The summed E-state index contributed by atoms with van der Waals surface area (Å²) >= 11 is 0. The van der Waals surface area contributed by atoms with Gasteiger partial charge in [0.2, 0.25) is 5.91 Å². The maximum absolute atomic E-state index is 12.3. The summed E-state index contributed by atoms with van der Waals surface area (Å²) in [5.41, 5.74) is 1.04. The highest BCUT2D eigenvalue weighted by atomic mass is 16.5. The highest BCUT2D eigenvalue weighted by Crippen LogP contribution is 2.15. The van der Waals surface area contributed by atoms with Gasteiger partial charge < -0.3 is 15.0 Å². The minimum Gasteiger partial charge on any atom is -0.497 e. The second-order valence-electron chi connectivity index (χ2n) is 5.26. The van der Waals surface area contributed by atoms with E-state index in [9.17, 15) is 4.79 Å². The van der Waals surface area contributed by atoms with E-state index in [1.54, 1.807) is 7.11 Å². The van der Waals surface area contributed by atoms with Crippen LogP contribution in [0.2, 0.25) is 0 Å². The zero-order valence-corrected chi connectivity index (χ0v) is 12.4. The van der Waals surface area contributed by atoms with Crippen molar-refractivity contribution >= 4 is 5.91 Å². The molecule has 0 saturated carbocycles. The van der Waals surface area contributed by atoms with Gasteiger partial charge in [-0.15, -0.1) is 0 Å². The normalized spacial score (nSPS) is 18.9. The Morgan fingerprint density at radius 3 is 2.80 bits per heavy atom. The van der Waals surface area contributed by atoms with Crippen molar-refractivity contribution in [3.63, 3.8) is 0 Å². The standard InChI is InChI=1S/C16H24N2O2/c1-3-17-14-5-4-10-18(12-14)16(19)11-13-6-8-15(20-2)9-7-13/h6-9,14,17H,3-5,10-12H2,1-2H3. The minimum atomic E-state index is 0.220. The molecule has 0 radical (unpaired) electrons. The Hall–Kier alpha value is -1.55. The fourth-order valence-electron chi connectivity index (χ4n) is 2.69. The zero-order chi connectivity index (χ0) is 14.4. The number of likely N-dealkylation sites (tertiary alicyclic amines) is 1. The van der Waals surface area contributed by atoms with E-state index in [1.165, 1.54) is 6.42 Å². The van der Waals surface area contributed by atoms with Crippen molar-refractivity contribution in [2.75, 3.05) is 26.7 Å². The third kappa shape index (κ3) is 3.97. The molecular formula is C16H24N2O2. The Kier molecular flexibility index (Phi) is 5.41. The maximum atomic E-state index is 12.3. The van der Waals surface area contributed by atoms with Crippen molar-refractivity contribution in [3.8, 4) is 5.75 Å². The molecule has 4 heteroatoms. The Morgan fingerprint density at radius 2 is 2.15 bits per heavy atom. The van der Waals surface area contributed by atoms with Crippen molar-refractivity contribution in [3.05, 3.63) is 29.8 Å². The van der Waals surface area contributed by atoms with E-state index in [0.717, 1.165) is 37.4 Å². The number of likely N-dealkylation sites (N-methyl/N-ethyl adjacent to an activating group) is 1. The van der Waals surface area contributed by atoms with Gasteiger partial charge in [-0.3, -0.25) is 4.79 Å². The number of ether oxygens (including phenoxy) is 1. The van der Waals surface area contributed by atoms with E-state index >= 15 is 0 Å². The average Bonchev–Trinajstić information content (AvgIpc) is 2.48. The van der Waals surface area contributed by atoms with Crippen molar-refractivity contribution < 1.29 is 9.53 Å². The van der Waals surface area contributed by atoms with Crippen LogP contribution in [0, 0.1) is 0 Å². The van der Waals surface area contributed by atoms with Gasteiger partial charge in [0.05, 0.1) is 13.5 Å². The quantitative estimate of drug-likeness (QED) is 0.892. The number of rotatable bonds is 5. The van der Waals surface area contributed by atoms with E-state index in [-0.39, 0.29) is 5.91 Å². The molecule has 0 aliphatic carbocycles. The highest BCUT2D eigenvalue weighted by Gasteiger charge is 2.22. The number of methoxy groups -OCH3 is 1. The average molecular weight is 276 g/mol. The number of hydrogen-bond acceptors (Lipinski definition) is 3. The van der Waals surface area contributed by atoms with Gasteiger partial charge in [0.1, 0.15) is 5.75 Å². The van der Waals surface area contributed by atoms with Gasteiger partial charge in [0, 0.05) is 19.1 Å². The molecule has 0 spiro atoms. The summed E-state index contributed by atoms with van der Waals surface area (Å²) in [7, 11) is 1.65. The lowest BCUT2D eigenvalue weighted by Crippen LogP contribution is -2.48. The lowest BCUT2D eigenvalue weighted by molar-refractivity contribution is -0.131. The highest BCUT2D eigenvalue weighted by molar-refractivity contribution is 5.79. The number of nitrogens with zero attached hydrogens (tertiary/aromatic N) is 1. The molecular weight excluding hydrogens is 252 g/mol. The fourth-order valence-corrected chi connectivity index (χ4v) is 2.69. The van der Waals surface area contributed by atoms with Crippen LogP contribution in [0.4, 0.5) is 0 Å². The van der Waals surface area contributed by atoms with Gasteiger partial charge in [0.15, 0.2) is 0 Å². The summed E-state index contributed by atoms with van der Waals surface area (Å²) in [5, 5.41) is 3.44. The van der Waals surface area contributed by atoms with Gasteiger partial charge in [-0.25, -0.2) is 0 Å². The molecule has 1 fully saturated rings. The molecule has 1 atom stereocenters. The van der Waals surface area contributed by atoms with Crippen LogP contribution in [-0.2, 0) is 11.2 Å². The van der Waals surface area contributed by atoms with E-state index < -0.39 is 0 Å². The molecule has 1 aromatic rings. The zero-order valence-electron chi connectivity index (χ0n) is 12.4. The van der Waals surface area contributed by atoms with Crippen LogP contribution in [0.15, 0.2) is 24.3 Å². The van der Waals surface area contributed by atoms with Gasteiger partial charge in [0.25, 0.3) is 0 Å². The summed E-state index contributed by atoms with van der Waals surface area (Å²) in [6.45, 7) is 4.79. The molecule has 1 amide bonds. The summed E-state index contributed by atoms with van der Waals surface area (Å²) in [4.78, 5) is 14.3. The molecule has 0 bridgehead atoms. The first-order chi connectivity index (χ1) is 9.72. The van der Waals surface area contributed by atoms with Crippen LogP contribution in [-0.4, -0.2) is 43.6 Å². The third-order valence-electron chi connectivity index (χ3n) is 3.78. The molecule has 20 heavy (non-hydrogen) atoms. The first-order valence-electron chi connectivity index (χ1n) is 7.37. The number of carbonyl (C=O) groups is 1. The Morgan fingerprint density at radius 1 is 1.40 bits per heavy atom. The van der Waals surface area contributed by atoms with Crippen LogP contribution in [0.1, 0.15) is 25.3 Å². The SMILES string of the molecule is CCNC1CCCN(C(=O)Cc2ccc(OC)cc2)C1. The smallest absolute Gasteiger partial charge is 0.227 e. The van der Waals surface area contributed by atoms with Gasteiger partial charge in [-0.05, 0) is 37.1 Å². The largest absolute Gasteiger partial charge is 0.497 e. The van der Waals surface area contributed by atoms with Crippen LogP contribution in [0.5, 0.6) is 5.75 Å². The second kappa shape index (κ2) is 7.29. The van der Waals surface area contributed by atoms with Gasteiger partial charge >= 0.3 is 0 Å². The van der Waals surface area contributed by atoms with Gasteiger partial charge in [-0.1, -0.05) is 19.1 Å². The molecule has 1 aliphatic heterocycles. The summed E-state index contributed by atoms with van der Waals surface area (Å²) < 4.78 is 5.13. The first kappa shape index (κ1) is 14.9. The summed E-state index contributed by atoms with van der Waals surface area (Å²) in [6, 6.07) is 8.18. The fraction of sp³-hybridized carbons (Fsp3) is 0.562. The summed E-state index contributed by atoms with van der Waals surface area (Å²) in [5.74, 6) is 1.05. The molecule has 4 nitrogen and oxygen atoms in total. The molecule has 2 rings (SSSR count). The maximum Gasteiger partial charge on any atom is 0.227 e. The molecule has 1 aromatic carbocycles. The van der Waals surface area contributed by atoms with Crippen molar-refractivity contribution in [2.24, 2.45) is 0 Å². The Bertz CT molecular complexity index is 429. The molecule has 1 unspecified atom stereocenters. The third-order valence-corrected chi connectivity index (χ3v) is 3.78. The topological polar surface area (TPSA) is 41.6 Å². The molecule has 1 aliphatic rings. The second-order valence-corrected chi connectivity index (χ2v) is 5.26. The molecule has 0 aromatic heterocycles. The van der Waals surface area contributed by atoms with Crippen LogP contribution in [0.25, 0.3) is 0 Å². The first-order valence-corrected chi connectivity index (χ1v) is 7.37. The number of piperidine rings is 1. The van der Waals surface area contributed by atoms with Gasteiger partial charge in [-0.2, -0.15) is 0 Å². The van der Waals surface area contributed by atoms with Crippen molar-refractivity contribution in [1.82, 2.24) is 10.2 Å². The van der Waals surface area contributed by atoms with E-state index in [4.69, 9.17) is 4.74 Å². The van der Waals surface area contributed by atoms with Crippen molar-refractivity contribution in [2.45, 2.75) is 32.2 Å². The number of hydrogen-bond donors (Lipinski definition) is 1. The predicted molar refractivity (Wildman–Crippen MR) is 80.0 cm³/mol. The molecule has 1 saturated heterocycles. The minimum absolute atomic E-state index is 0.220. The van der Waals surface area contributed by atoms with Crippen LogP contribution < -0.4 is 10.1 Å². The number of carbonyl (C=O) groups excluding carboxylic acids is 1. The molecule has 110 valence electrons. The molecule has 1 heterocycles. The van der Waals surface area contributed by atoms with Crippen LogP contribution in [0.3, 0.4) is 0 Å². The molecule has 1 N–H and O–H groups in total. The van der Waals surface area contributed by atoms with E-state index in [2.05, 4.69) is 12.2 Å². The number of amides is 1. The lowest BCUT2D eigenvalue weighted by Gasteiger charge is -2.33. The Balaban J connectivity index is 1.89.